The highest BCUT2D eigenvalue weighted by Gasteiger charge is 2.16. The molecule has 0 aliphatic heterocycles. The van der Waals surface area contributed by atoms with Crippen LogP contribution in [-0.4, -0.2) is 24.9 Å². The first-order chi connectivity index (χ1) is 11.0. The maximum absolute atomic E-state index is 13.5. The van der Waals surface area contributed by atoms with Crippen LogP contribution in [0.2, 0.25) is 0 Å². The standard InChI is InChI=1S/C18H19FN2O2/c1-3-21(14-8-6-7-13(2)11-14)17(22)12-20-18(23)15-9-4-5-10-16(15)19/h4-11H,3,12H2,1-2H3,(H,20,23). The van der Waals surface area contributed by atoms with Crippen LogP contribution in [0.25, 0.3) is 0 Å². The zero-order valence-corrected chi connectivity index (χ0v) is 13.2. The highest BCUT2D eigenvalue weighted by atomic mass is 19.1. The Balaban J connectivity index is 2.03. The minimum Gasteiger partial charge on any atom is -0.343 e. The number of carbonyl (C=O) groups is 2. The van der Waals surface area contributed by atoms with Gasteiger partial charge in [-0.2, -0.15) is 0 Å². The maximum atomic E-state index is 13.5. The minimum atomic E-state index is -0.608. The van der Waals surface area contributed by atoms with Gasteiger partial charge in [0, 0.05) is 12.2 Å². The molecule has 0 saturated heterocycles. The second-order valence-corrected chi connectivity index (χ2v) is 5.14. The third-order valence-corrected chi connectivity index (χ3v) is 3.45. The van der Waals surface area contributed by atoms with Gasteiger partial charge in [-0.3, -0.25) is 9.59 Å². The molecule has 2 rings (SSSR count). The number of hydrogen-bond acceptors (Lipinski definition) is 2. The predicted octanol–water partition coefficient (Wildman–Crippen LogP) is 2.92. The zero-order valence-electron chi connectivity index (χ0n) is 13.2. The summed E-state index contributed by atoms with van der Waals surface area (Å²) < 4.78 is 13.5. The van der Waals surface area contributed by atoms with Crippen molar-refractivity contribution in [1.29, 1.82) is 0 Å². The Morgan fingerprint density at radius 3 is 2.52 bits per heavy atom. The first kappa shape index (κ1) is 16.7. The minimum absolute atomic E-state index is 0.0705. The summed E-state index contributed by atoms with van der Waals surface area (Å²) in [5, 5.41) is 2.47. The average molecular weight is 314 g/mol. The van der Waals surface area contributed by atoms with E-state index < -0.39 is 11.7 Å². The first-order valence-electron chi connectivity index (χ1n) is 7.42. The zero-order chi connectivity index (χ0) is 16.8. The van der Waals surface area contributed by atoms with E-state index in [-0.39, 0.29) is 18.0 Å². The molecule has 5 heteroatoms. The van der Waals surface area contributed by atoms with Crippen LogP contribution in [-0.2, 0) is 4.79 Å². The lowest BCUT2D eigenvalue weighted by atomic mass is 10.2. The number of likely N-dealkylation sites (N-methyl/N-ethyl adjacent to an activating group) is 1. The van der Waals surface area contributed by atoms with E-state index in [4.69, 9.17) is 0 Å². The fourth-order valence-electron chi connectivity index (χ4n) is 2.29. The molecule has 2 amide bonds. The summed E-state index contributed by atoms with van der Waals surface area (Å²) in [6.45, 7) is 4.10. The molecule has 0 atom stereocenters. The predicted molar refractivity (Wildman–Crippen MR) is 87.9 cm³/mol. The van der Waals surface area contributed by atoms with Gasteiger partial charge in [-0.05, 0) is 43.7 Å². The molecular formula is C18H19FN2O2. The quantitative estimate of drug-likeness (QED) is 0.922. The molecule has 0 aromatic heterocycles. The molecule has 0 aliphatic rings. The molecule has 0 saturated carbocycles. The number of halogens is 1. The number of benzene rings is 2. The topological polar surface area (TPSA) is 49.4 Å². The smallest absolute Gasteiger partial charge is 0.254 e. The van der Waals surface area contributed by atoms with Gasteiger partial charge in [-0.15, -0.1) is 0 Å². The lowest BCUT2D eigenvalue weighted by molar-refractivity contribution is -0.117. The van der Waals surface area contributed by atoms with Crippen molar-refractivity contribution in [2.45, 2.75) is 13.8 Å². The molecule has 0 aliphatic carbocycles. The molecule has 0 spiro atoms. The Morgan fingerprint density at radius 1 is 1.13 bits per heavy atom. The summed E-state index contributed by atoms with van der Waals surface area (Å²) in [7, 11) is 0. The summed E-state index contributed by atoms with van der Waals surface area (Å²) in [5.41, 5.74) is 1.75. The van der Waals surface area contributed by atoms with Crippen LogP contribution in [0.4, 0.5) is 10.1 Å². The number of nitrogens with one attached hydrogen (secondary N) is 1. The third kappa shape index (κ3) is 4.16. The number of aryl methyl sites for hydroxylation is 1. The van der Waals surface area contributed by atoms with Gasteiger partial charge in [-0.25, -0.2) is 4.39 Å². The largest absolute Gasteiger partial charge is 0.343 e. The highest BCUT2D eigenvalue weighted by Crippen LogP contribution is 2.15. The molecule has 120 valence electrons. The van der Waals surface area contributed by atoms with E-state index in [2.05, 4.69) is 5.32 Å². The van der Waals surface area contributed by atoms with Crippen LogP contribution in [0.3, 0.4) is 0 Å². The number of carbonyl (C=O) groups excluding carboxylic acids is 2. The van der Waals surface area contributed by atoms with Crippen LogP contribution in [0.1, 0.15) is 22.8 Å². The summed E-state index contributed by atoms with van der Waals surface area (Å²) in [4.78, 5) is 25.9. The summed E-state index contributed by atoms with van der Waals surface area (Å²) in [6, 6.07) is 13.2. The molecule has 2 aromatic carbocycles. The summed E-state index contributed by atoms with van der Waals surface area (Å²) >= 11 is 0. The van der Waals surface area contributed by atoms with Gasteiger partial charge >= 0.3 is 0 Å². The van der Waals surface area contributed by atoms with Crippen LogP contribution < -0.4 is 10.2 Å². The lowest BCUT2D eigenvalue weighted by Gasteiger charge is -2.21. The van der Waals surface area contributed by atoms with E-state index in [9.17, 15) is 14.0 Å². The fourth-order valence-corrected chi connectivity index (χ4v) is 2.29. The second-order valence-electron chi connectivity index (χ2n) is 5.14. The number of amides is 2. The molecule has 1 N–H and O–H groups in total. The van der Waals surface area contributed by atoms with Gasteiger partial charge in [0.05, 0.1) is 12.1 Å². The van der Waals surface area contributed by atoms with Crippen LogP contribution in [0.5, 0.6) is 0 Å². The van der Waals surface area contributed by atoms with E-state index in [1.807, 2.05) is 38.1 Å². The Kier molecular flexibility index (Phi) is 5.46. The van der Waals surface area contributed by atoms with Crippen LogP contribution in [0, 0.1) is 12.7 Å². The number of rotatable bonds is 5. The molecule has 23 heavy (non-hydrogen) atoms. The SMILES string of the molecule is CCN(C(=O)CNC(=O)c1ccccc1F)c1cccc(C)c1. The van der Waals surface area contributed by atoms with Crippen molar-refractivity contribution in [2.24, 2.45) is 0 Å². The summed E-state index contributed by atoms with van der Waals surface area (Å²) in [6.07, 6.45) is 0. The van der Waals surface area contributed by atoms with E-state index >= 15 is 0 Å². The van der Waals surface area contributed by atoms with Crippen molar-refractivity contribution >= 4 is 17.5 Å². The van der Waals surface area contributed by atoms with Gasteiger partial charge < -0.3 is 10.2 Å². The molecule has 0 bridgehead atoms. The van der Waals surface area contributed by atoms with Crippen LogP contribution in [0.15, 0.2) is 48.5 Å². The number of nitrogens with zero attached hydrogens (tertiary/aromatic N) is 1. The van der Waals surface area contributed by atoms with E-state index in [1.165, 1.54) is 18.2 Å². The Hall–Kier alpha value is -2.69. The molecular weight excluding hydrogens is 295 g/mol. The second kappa shape index (κ2) is 7.54. The van der Waals surface area contributed by atoms with Crippen molar-refractivity contribution in [3.05, 3.63) is 65.5 Å². The summed E-state index contributed by atoms with van der Waals surface area (Å²) in [5.74, 6) is -1.46. The van der Waals surface area contributed by atoms with Crippen molar-refractivity contribution in [2.75, 3.05) is 18.0 Å². The van der Waals surface area contributed by atoms with Gasteiger partial charge in [0.1, 0.15) is 5.82 Å². The van der Waals surface area contributed by atoms with Gasteiger partial charge in [-0.1, -0.05) is 24.3 Å². The Bertz CT molecular complexity index is 716. The number of hydrogen-bond donors (Lipinski definition) is 1. The van der Waals surface area contributed by atoms with Gasteiger partial charge in [0.25, 0.3) is 5.91 Å². The van der Waals surface area contributed by atoms with Crippen molar-refractivity contribution in [1.82, 2.24) is 5.32 Å². The maximum Gasteiger partial charge on any atom is 0.254 e. The monoisotopic (exact) mass is 314 g/mol. The van der Waals surface area contributed by atoms with E-state index in [0.717, 1.165) is 11.3 Å². The van der Waals surface area contributed by atoms with Gasteiger partial charge in [0.15, 0.2) is 0 Å². The van der Waals surface area contributed by atoms with E-state index in [0.29, 0.717) is 6.54 Å². The number of anilines is 1. The lowest BCUT2D eigenvalue weighted by Crippen LogP contribution is -2.40. The van der Waals surface area contributed by atoms with Crippen molar-refractivity contribution < 1.29 is 14.0 Å². The highest BCUT2D eigenvalue weighted by molar-refractivity contribution is 6.00. The molecule has 0 fully saturated rings. The molecule has 4 nitrogen and oxygen atoms in total. The van der Waals surface area contributed by atoms with Gasteiger partial charge in [0.2, 0.25) is 5.91 Å². The van der Waals surface area contributed by atoms with Crippen molar-refractivity contribution in [3.63, 3.8) is 0 Å². The fraction of sp³-hybridized carbons (Fsp3) is 0.222. The van der Waals surface area contributed by atoms with E-state index in [1.54, 1.807) is 11.0 Å². The average Bonchev–Trinajstić information content (AvgIpc) is 2.54. The normalized spacial score (nSPS) is 10.2. The molecule has 2 aromatic rings. The third-order valence-electron chi connectivity index (χ3n) is 3.45. The Labute approximate surface area is 134 Å². The molecule has 0 radical (unpaired) electrons. The van der Waals surface area contributed by atoms with Crippen LogP contribution >= 0.6 is 0 Å². The molecule has 0 unspecified atom stereocenters. The first-order valence-corrected chi connectivity index (χ1v) is 7.42. The van der Waals surface area contributed by atoms with Crippen molar-refractivity contribution in [3.8, 4) is 0 Å². The Morgan fingerprint density at radius 2 is 1.87 bits per heavy atom. The molecule has 0 heterocycles.